The van der Waals surface area contributed by atoms with E-state index in [1.165, 1.54) is 32.1 Å². The van der Waals surface area contributed by atoms with Gasteiger partial charge in [-0.05, 0) is 25.2 Å². The van der Waals surface area contributed by atoms with Crippen molar-refractivity contribution in [3.8, 4) is 0 Å². The smallest absolute Gasteiger partial charge is 0.220 e. The molecule has 1 fully saturated rings. The van der Waals surface area contributed by atoms with Gasteiger partial charge in [0, 0.05) is 12.5 Å². The zero-order valence-electron chi connectivity index (χ0n) is 9.51. The van der Waals surface area contributed by atoms with Gasteiger partial charge in [-0.15, -0.1) is 0 Å². The molecule has 1 N–H and O–H groups in total. The minimum atomic E-state index is 0.255. The van der Waals surface area contributed by atoms with E-state index in [0.717, 1.165) is 6.42 Å². The van der Waals surface area contributed by atoms with Crippen LogP contribution in [0.15, 0.2) is 0 Å². The first-order valence-corrected chi connectivity index (χ1v) is 5.98. The summed E-state index contributed by atoms with van der Waals surface area (Å²) < 4.78 is 0. The molecule has 82 valence electrons. The lowest BCUT2D eigenvalue weighted by Gasteiger charge is -2.22. The Balaban J connectivity index is 2.12. The molecule has 0 heterocycles. The SMILES string of the molecule is CC(C)CCC(=O)NC1CCCCC1. The van der Waals surface area contributed by atoms with Gasteiger partial charge in [0.25, 0.3) is 0 Å². The van der Waals surface area contributed by atoms with E-state index in [4.69, 9.17) is 0 Å². The third-order valence-electron chi connectivity index (χ3n) is 2.92. The maximum absolute atomic E-state index is 11.5. The summed E-state index contributed by atoms with van der Waals surface area (Å²) in [7, 11) is 0. The van der Waals surface area contributed by atoms with Crippen LogP contribution in [0.2, 0.25) is 0 Å². The summed E-state index contributed by atoms with van der Waals surface area (Å²) in [5, 5.41) is 3.14. The van der Waals surface area contributed by atoms with Crippen molar-refractivity contribution in [2.24, 2.45) is 5.92 Å². The van der Waals surface area contributed by atoms with E-state index in [-0.39, 0.29) is 5.91 Å². The molecule has 14 heavy (non-hydrogen) atoms. The molecule has 2 heteroatoms. The zero-order chi connectivity index (χ0) is 10.4. The molecule has 1 rings (SSSR count). The van der Waals surface area contributed by atoms with Crippen LogP contribution in [-0.4, -0.2) is 11.9 Å². The standard InChI is InChI=1S/C12H23NO/c1-10(2)8-9-12(14)13-11-6-4-3-5-7-11/h10-11H,3-9H2,1-2H3,(H,13,14). The van der Waals surface area contributed by atoms with Crippen LogP contribution in [0.1, 0.15) is 58.8 Å². The molecule has 2 nitrogen and oxygen atoms in total. The van der Waals surface area contributed by atoms with E-state index < -0.39 is 0 Å². The highest BCUT2D eigenvalue weighted by molar-refractivity contribution is 5.76. The summed E-state index contributed by atoms with van der Waals surface area (Å²) in [6.07, 6.45) is 8.01. The summed E-state index contributed by atoms with van der Waals surface area (Å²) in [6, 6.07) is 0.475. The third kappa shape index (κ3) is 4.64. The maximum atomic E-state index is 11.5. The fourth-order valence-electron chi connectivity index (χ4n) is 1.97. The summed E-state index contributed by atoms with van der Waals surface area (Å²) >= 11 is 0. The highest BCUT2D eigenvalue weighted by atomic mass is 16.1. The molecule has 0 radical (unpaired) electrons. The molecule has 0 unspecified atom stereocenters. The van der Waals surface area contributed by atoms with E-state index in [1.54, 1.807) is 0 Å². The molecule has 1 aliphatic carbocycles. The van der Waals surface area contributed by atoms with Crippen molar-refractivity contribution in [3.63, 3.8) is 0 Å². The Morgan fingerprint density at radius 2 is 1.93 bits per heavy atom. The third-order valence-corrected chi connectivity index (χ3v) is 2.92. The number of rotatable bonds is 4. The summed E-state index contributed by atoms with van der Waals surface area (Å²) in [4.78, 5) is 11.5. The monoisotopic (exact) mass is 197 g/mol. The van der Waals surface area contributed by atoms with Gasteiger partial charge in [0.2, 0.25) is 5.91 Å². The minimum absolute atomic E-state index is 0.255. The molecule has 0 aromatic rings. The van der Waals surface area contributed by atoms with Crippen LogP contribution in [0, 0.1) is 5.92 Å². The second kappa shape index (κ2) is 6.05. The van der Waals surface area contributed by atoms with E-state index in [2.05, 4.69) is 19.2 Å². The fourth-order valence-corrected chi connectivity index (χ4v) is 1.97. The quantitative estimate of drug-likeness (QED) is 0.737. The van der Waals surface area contributed by atoms with Crippen molar-refractivity contribution >= 4 is 5.91 Å². The van der Waals surface area contributed by atoms with Gasteiger partial charge in [0.15, 0.2) is 0 Å². The van der Waals surface area contributed by atoms with Crippen LogP contribution in [0.3, 0.4) is 0 Å². The van der Waals surface area contributed by atoms with E-state index >= 15 is 0 Å². The van der Waals surface area contributed by atoms with Gasteiger partial charge >= 0.3 is 0 Å². The zero-order valence-corrected chi connectivity index (χ0v) is 9.51. The lowest BCUT2D eigenvalue weighted by molar-refractivity contribution is -0.122. The molecule has 0 saturated heterocycles. The number of nitrogens with one attached hydrogen (secondary N) is 1. The van der Waals surface area contributed by atoms with Gasteiger partial charge in [-0.2, -0.15) is 0 Å². The molecule has 0 bridgehead atoms. The fraction of sp³-hybridized carbons (Fsp3) is 0.917. The molecule has 0 aromatic heterocycles. The lowest BCUT2D eigenvalue weighted by atomic mass is 9.95. The van der Waals surface area contributed by atoms with Crippen molar-refractivity contribution in [2.45, 2.75) is 64.8 Å². The highest BCUT2D eigenvalue weighted by Crippen LogP contribution is 2.17. The first-order valence-electron chi connectivity index (χ1n) is 5.98. The Morgan fingerprint density at radius 3 is 2.50 bits per heavy atom. The van der Waals surface area contributed by atoms with E-state index in [1.807, 2.05) is 0 Å². The molecular weight excluding hydrogens is 174 g/mol. The molecule has 0 aromatic carbocycles. The van der Waals surface area contributed by atoms with Gasteiger partial charge in [0.05, 0.1) is 0 Å². The lowest BCUT2D eigenvalue weighted by Crippen LogP contribution is -2.36. The van der Waals surface area contributed by atoms with Gasteiger partial charge in [-0.1, -0.05) is 33.1 Å². The second-order valence-electron chi connectivity index (χ2n) is 4.83. The largest absolute Gasteiger partial charge is 0.353 e. The molecular formula is C12H23NO. The van der Waals surface area contributed by atoms with Crippen LogP contribution >= 0.6 is 0 Å². The van der Waals surface area contributed by atoms with Crippen LogP contribution in [-0.2, 0) is 4.79 Å². The first-order chi connectivity index (χ1) is 6.68. The number of hydrogen-bond acceptors (Lipinski definition) is 1. The minimum Gasteiger partial charge on any atom is -0.353 e. The number of amides is 1. The first kappa shape index (κ1) is 11.5. The van der Waals surface area contributed by atoms with Crippen LogP contribution < -0.4 is 5.32 Å². The van der Waals surface area contributed by atoms with Gasteiger partial charge in [-0.25, -0.2) is 0 Å². The number of carbonyl (C=O) groups excluding carboxylic acids is 1. The number of carbonyl (C=O) groups is 1. The predicted molar refractivity (Wildman–Crippen MR) is 59.1 cm³/mol. The Hall–Kier alpha value is -0.530. The van der Waals surface area contributed by atoms with E-state index in [9.17, 15) is 4.79 Å². The summed E-state index contributed by atoms with van der Waals surface area (Å²) in [5.41, 5.74) is 0. The number of hydrogen-bond donors (Lipinski definition) is 1. The normalized spacial score (nSPS) is 18.5. The average molecular weight is 197 g/mol. The van der Waals surface area contributed by atoms with Gasteiger partial charge in [-0.3, -0.25) is 4.79 Å². The Bertz CT molecular complexity index is 171. The Labute approximate surface area is 87.5 Å². The van der Waals surface area contributed by atoms with Gasteiger partial charge in [0.1, 0.15) is 0 Å². The van der Waals surface area contributed by atoms with Crippen LogP contribution in [0.4, 0.5) is 0 Å². The molecule has 0 spiro atoms. The van der Waals surface area contributed by atoms with Crippen molar-refractivity contribution in [3.05, 3.63) is 0 Å². The Kier molecular flexibility index (Phi) is 4.99. The van der Waals surface area contributed by atoms with Crippen LogP contribution in [0.25, 0.3) is 0 Å². The summed E-state index contributed by atoms with van der Waals surface area (Å²) in [6.45, 7) is 4.32. The van der Waals surface area contributed by atoms with Crippen LogP contribution in [0.5, 0.6) is 0 Å². The van der Waals surface area contributed by atoms with Crippen molar-refractivity contribution in [2.75, 3.05) is 0 Å². The maximum Gasteiger partial charge on any atom is 0.220 e. The molecule has 1 saturated carbocycles. The van der Waals surface area contributed by atoms with E-state index in [0.29, 0.717) is 18.4 Å². The summed E-state index contributed by atoms with van der Waals surface area (Å²) in [5.74, 6) is 0.887. The highest BCUT2D eigenvalue weighted by Gasteiger charge is 2.15. The molecule has 1 aliphatic rings. The van der Waals surface area contributed by atoms with Crippen molar-refractivity contribution < 1.29 is 4.79 Å². The van der Waals surface area contributed by atoms with Gasteiger partial charge < -0.3 is 5.32 Å². The van der Waals surface area contributed by atoms with Crippen molar-refractivity contribution in [1.29, 1.82) is 0 Å². The van der Waals surface area contributed by atoms with Crippen molar-refractivity contribution in [1.82, 2.24) is 5.32 Å². The second-order valence-corrected chi connectivity index (χ2v) is 4.83. The topological polar surface area (TPSA) is 29.1 Å². The Morgan fingerprint density at radius 1 is 1.29 bits per heavy atom. The predicted octanol–water partition coefficient (Wildman–Crippen LogP) is 2.87. The molecule has 0 atom stereocenters. The average Bonchev–Trinajstić information content (AvgIpc) is 2.16. The molecule has 1 amide bonds. The molecule has 0 aliphatic heterocycles.